The van der Waals surface area contributed by atoms with Crippen LogP contribution < -0.4 is 10.2 Å². The number of benzene rings is 2. The van der Waals surface area contributed by atoms with Crippen LogP contribution in [0.15, 0.2) is 42.5 Å². The Balaban J connectivity index is 1.64. The highest BCUT2D eigenvalue weighted by molar-refractivity contribution is 6.31. The van der Waals surface area contributed by atoms with Gasteiger partial charge in [-0.2, -0.15) is 0 Å². The third kappa shape index (κ3) is 3.82. The first-order chi connectivity index (χ1) is 12.0. The quantitative estimate of drug-likeness (QED) is 0.849. The van der Waals surface area contributed by atoms with Gasteiger partial charge in [0.25, 0.3) is 0 Å². The molecule has 1 aliphatic rings. The Kier molecular flexibility index (Phi) is 5.04. The molecular formula is C19H18ClFN2O2. The molecule has 2 amide bonds. The van der Waals surface area contributed by atoms with Crippen LogP contribution in [0.4, 0.5) is 10.1 Å². The fraction of sp³-hybridized carbons (Fsp3) is 0.263. The number of hydrogen-bond donors (Lipinski definition) is 1. The highest BCUT2D eigenvalue weighted by atomic mass is 35.5. The fourth-order valence-corrected chi connectivity index (χ4v) is 3.14. The van der Waals surface area contributed by atoms with Crippen molar-refractivity contribution < 1.29 is 14.0 Å². The molecule has 0 aromatic heterocycles. The minimum Gasteiger partial charge on any atom is -0.351 e. The summed E-state index contributed by atoms with van der Waals surface area (Å²) in [5, 5.41) is 2.77. The zero-order chi connectivity index (χ0) is 18.0. The maximum Gasteiger partial charge on any atom is 0.239 e. The van der Waals surface area contributed by atoms with Crippen molar-refractivity contribution in [3.63, 3.8) is 0 Å². The first-order valence-corrected chi connectivity index (χ1v) is 8.43. The third-order valence-corrected chi connectivity index (χ3v) is 4.58. The molecule has 2 aromatic carbocycles. The zero-order valence-corrected chi connectivity index (χ0v) is 14.5. The van der Waals surface area contributed by atoms with Crippen molar-refractivity contribution in [2.24, 2.45) is 5.92 Å². The van der Waals surface area contributed by atoms with Gasteiger partial charge >= 0.3 is 0 Å². The molecule has 1 saturated heterocycles. The van der Waals surface area contributed by atoms with Crippen molar-refractivity contribution in [2.45, 2.75) is 19.9 Å². The van der Waals surface area contributed by atoms with Crippen molar-refractivity contribution >= 4 is 29.1 Å². The van der Waals surface area contributed by atoms with Crippen molar-refractivity contribution in [3.05, 3.63) is 64.4 Å². The number of aryl methyl sites for hydroxylation is 1. The van der Waals surface area contributed by atoms with E-state index in [1.807, 2.05) is 31.2 Å². The van der Waals surface area contributed by atoms with E-state index in [0.29, 0.717) is 25.2 Å². The number of rotatable bonds is 4. The van der Waals surface area contributed by atoms with E-state index in [0.717, 1.165) is 11.1 Å². The van der Waals surface area contributed by atoms with Gasteiger partial charge < -0.3 is 10.2 Å². The largest absolute Gasteiger partial charge is 0.351 e. The third-order valence-electron chi connectivity index (χ3n) is 4.29. The van der Waals surface area contributed by atoms with Crippen LogP contribution in [-0.2, 0) is 16.1 Å². The lowest BCUT2D eigenvalue weighted by molar-refractivity contribution is -0.132. The normalized spacial score (nSPS) is 17.0. The van der Waals surface area contributed by atoms with E-state index in [1.54, 1.807) is 0 Å². The van der Waals surface area contributed by atoms with E-state index < -0.39 is 11.7 Å². The predicted octanol–water partition coefficient (Wildman–Crippen LogP) is 3.46. The monoisotopic (exact) mass is 360 g/mol. The molecular weight excluding hydrogens is 343 g/mol. The molecule has 1 heterocycles. The number of nitrogens with zero attached hydrogens (tertiary/aromatic N) is 1. The van der Waals surface area contributed by atoms with Gasteiger partial charge in [0.15, 0.2) is 0 Å². The van der Waals surface area contributed by atoms with Gasteiger partial charge in [0, 0.05) is 18.8 Å². The highest BCUT2D eigenvalue weighted by Crippen LogP contribution is 2.28. The Morgan fingerprint density at radius 2 is 2.12 bits per heavy atom. The molecule has 0 aliphatic carbocycles. The van der Waals surface area contributed by atoms with Crippen molar-refractivity contribution in [1.82, 2.24) is 5.32 Å². The van der Waals surface area contributed by atoms with E-state index >= 15 is 0 Å². The number of carbonyl (C=O) groups is 2. The fourth-order valence-electron chi connectivity index (χ4n) is 2.97. The Labute approximate surface area is 150 Å². The van der Waals surface area contributed by atoms with Crippen molar-refractivity contribution in [2.75, 3.05) is 11.4 Å². The molecule has 0 spiro atoms. The van der Waals surface area contributed by atoms with Gasteiger partial charge in [-0.15, -0.1) is 0 Å². The van der Waals surface area contributed by atoms with Gasteiger partial charge in [-0.3, -0.25) is 9.59 Å². The maximum atomic E-state index is 13.3. The molecule has 1 aliphatic heterocycles. The summed E-state index contributed by atoms with van der Waals surface area (Å²) in [6, 6.07) is 11.9. The van der Waals surface area contributed by atoms with E-state index in [2.05, 4.69) is 5.32 Å². The Hall–Kier alpha value is -2.40. The van der Waals surface area contributed by atoms with E-state index in [1.165, 1.54) is 23.1 Å². The van der Waals surface area contributed by atoms with E-state index in [-0.39, 0.29) is 16.8 Å². The van der Waals surface area contributed by atoms with Gasteiger partial charge in [0.2, 0.25) is 11.8 Å². The number of halogens is 2. The number of hydrogen-bond acceptors (Lipinski definition) is 2. The molecule has 2 aromatic rings. The molecule has 0 radical (unpaired) electrons. The molecule has 130 valence electrons. The molecule has 0 saturated carbocycles. The second kappa shape index (κ2) is 7.23. The summed E-state index contributed by atoms with van der Waals surface area (Å²) in [6.07, 6.45) is 0.424. The van der Waals surface area contributed by atoms with Crippen LogP contribution in [0, 0.1) is 18.7 Å². The number of anilines is 1. The van der Waals surface area contributed by atoms with Crippen LogP contribution in [0.5, 0.6) is 0 Å². The Morgan fingerprint density at radius 1 is 1.32 bits per heavy atom. The van der Waals surface area contributed by atoms with Gasteiger partial charge in [0.05, 0.1) is 5.02 Å². The minimum absolute atomic E-state index is 0.0438. The zero-order valence-electron chi connectivity index (χ0n) is 13.8. The lowest BCUT2D eigenvalue weighted by Gasteiger charge is -2.17. The number of carbonyl (C=O) groups excluding carboxylic acids is 2. The Bertz CT molecular complexity index is 825. The molecule has 6 heteroatoms. The Morgan fingerprint density at radius 3 is 2.84 bits per heavy atom. The first-order valence-electron chi connectivity index (χ1n) is 8.05. The van der Waals surface area contributed by atoms with Crippen LogP contribution in [0.25, 0.3) is 0 Å². The number of nitrogens with one attached hydrogen (secondary N) is 1. The standard InChI is InChI=1S/C19H18ClFN2O2/c1-12-3-2-4-13(9-12)11-22-18(24)15-7-8-23(19(15)25)14-5-6-17(21)16(20)10-14/h2-6,9-10,15H,7-8,11H2,1H3,(H,22,24). The topological polar surface area (TPSA) is 49.4 Å². The summed E-state index contributed by atoms with van der Waals surface area (Å²) in [6.45, 7) is 2.77. The first kappa shape index (κ1) is 17.4. The smallest absolute Gasteiger partial charge is 0.239 e. The highest BCUT2D eigenvalue weighted by Gasteiger charge is 2.37. The van der Waals surface area contributed by atoms with Crippen molar-refractivity contribution in [3.8, 4) is 0 Å². The molecule has 1 unspecified atom stereocenters. The molecule has 25 heavy (non-hydrogen) atoms. The van der Waals surface area contributed by atoms with E-state index in [4.69, 9.17) is 11.6 Å². The van der Waals surface area contributed by atoms with Crippen LogP contribution >= 0.6 is 11.6 Å². The molecule has 0 bridgehead atoms. The summed E-state index contributed by atoms with van der Waals surface area (Å²) in [4.78, 5) is 26.4. The summed E-state index contributed by atoms with van der Waals surface area (Å²) < 4.78 is 13.3. The summed E-state index contributed by atoms with van der Waals surface area (Å²) in [5.74, 6) is -1.84. The predicted molar refractivity (Wildman–Crippen MR) is 94.9 cm³/mol. The molecule has 1 atom stereocenters. The van der Waals surface area contributed by atoms with Gasteiger partial charge in [-0.1, -0.05) is 41.4 Å². The second-order valence-electron chi connectivity index (χ2n) is 6.14. The molecule has 4 nitrogen and oxygen atoms in total. The lowest BCUT2D eigenvalue weighted by Crippen LogP contribution is -2.36. The maximum absolute atomic E-state index is 13.3. The van der Waals surface area contributed by atoms with Crippen LogP contribution in [0.1, 0.15) is 17.5 Å². The van der Waals surface area contributed by atoms with Crippen LogP contribution in [-0.4, -0.2) is 18.4 Å². The van der Waals surface area contributed by atoms with E-state index in [9.17, 15) is 14.0 Å². The van der Waals surface area contributed by atoms with Crippen LogP contribution in [0.3, 0.4) is 0 Å². The minimum atomic E-state index is -0.728. The SMILES string of the molecule is Cc1cccc(CNC(=O)C2CCN(c3ccc(F)c(Cl)c3)C2=O)c1. The second-order valence-corrected chi connectivity index (χ2v) is 6.54. The molecule has 3 rings (SSSR count). The van der Waals surface area contributed by atoms with Gasteiger partial charge in [-0.05, 0) is 37.1 Å². The average Bonchev–Trinajstić information content (AvgIpc) is 2.97. The molecule has 1 N–H and O–H groups in total. The average molecular weight is 361 g/mol. The van der Waals surface area contributed by atoms with Gasteiger partial charge in [0.1, 0.15) is 11.7 Å². The summed E-state index contributed by atoms with van der Waals surface area (Å²) in [5.41, 5.74) is 2.61. The van der Waals surface area contributed by atoms with Gasteiger partial charge in [-0.25, -0.2) is 4.39 Å². The number of amides is 2. The van der Waals surface area contributed by atoms with Crippen LogP contribution in [0.2, 0.25) is 5.02 Å². The van der Waals surface area contributed by atoms with Crippen molar-refractivity contribution in [1.29, 1.82) is 0 Å². The summed E-state index contributed by atoms with van der Waals surface area (Å²) >= 11 is 5.78. The lowest BCUT2D eigenvalue weighted by atomic mass is 10.1. The molecule has 1 fully saturated rings. The summed E-state index contributed by atoms with van der Waals surface area (Å²) in [7, 11) is 0.